The van der Waals surface area contributed by atoms with Crippen molar-refractivity contribution in [1.29, 1.82) is 0 Å². The molecule has 3 N–H and O–H groups in total. The van der Waals surface area contributed by atoms with Crippen molar-refractivity contribution in [3.05, 3.63) is 58.6 Å². The maximum atomic E-state index is 12.7. The Morgan fingerprint density at radius 3 is 2.36 bits per heavy atom. The number of benzene rings is 2. The zero-order chi connectivity index (χ0) is 18.6. The highest BCUT2D eigenvalue weighted by atomic mass is 35.5. The lowest BCUT2D eigenvalue weighted by Crippen LogP contribution is -2.21. The molecule has 0 aromatic heterocycles. The molecule has 0 aliphatic heterocycles. The normalized spacial score (nSPS) is 11.0. The third kappa shape index (κ3) is 5.12. The zero-order valence-electron chi connectivity index (χ0n) is 12.6. The molecule has 0 aliphatic carbocycles. The molecule has 9 heteroatoms. The number of nitrogens with two attached hydrogens (primary N) is 1. The number of nitrogen functional groups attached to an aromatic ring is 1. The Morgan fingerprint density at radius 1 is 1.12 bits per heavy atom. The summed E-state index contributed by atoms with van der Waals surface area (Å²) >= 11 is 5.76. The van der Waals surface area contributed by atoms with E-state index in [1.807, 2.05) is 0 Å². The Kier molecular flexibility index (Phi) is 5.53. The number of rotatable bonds is 4. The smallest absolute Gasteiger partial charge is 0.416 e. The van der Waals surface area contributed by atoms with Crippen molar-refractivity contribution in [3.63, 3.8) is 0 Å². The summed E-state index contributed by atoms with van der Waals surface area (Å²) < 4.78 is 42.8. The maximum Gasteiger partial charge on any atom is 0.416 e. The van der Waals surface area contributed by atoms with Gasteiger partial charge in [0.1, 0.15) is 0 Å². The van der Waals surface area contributed by atoms with Crippen molar-refractivity contribution >= 4 is 34.9 Å². The van der Waals surface area contributed by atoms with Crippen LogP contribution in [-0.4, -0.2) is 18.5 Å². The topological polar surface area (TPSA) is 81.4 Å². The molecule has 2 aromatic carbocycles. The van der Waals surface area contributed by atoms with Crippen LogP contribution in [0.5, 0.6) is 0 Å². The number of amides is 1. The first-order valence-corrected chi connectivity index (χ1v) is 7.24. The van der Waals surface area contributed by atoms with E-state index in [1.54, 1.807) is 0 Å². The van der Waals surface area contributed by atoms with Crippen molar-refractivity contribution in [3.8, 4) is 0 Å². The molecule has 0 bridgehead atoms. The Hall–Kier alpha value is -2.74. The highest BCUT2D eigenvalue weighted by molar-refractivity contribution is 6.33. The van der Waals surface area contributed by atoms with Crippen molar-refractivity contribution in [1.82, 2.24) is 0 Å². The van der Waals surface area contributed by atoms with Gasteiger partial charge < -0.3 is 15.8 Å². The van der Waals surface area contributed by atoms with Crippen LogP contribution in [0.15, 0.2) is 42.5 Å². The minimum Gasteiger partial charge on any atom is -0.452 e. The van der Waals surface area contributed by atoms with E-state index in [0.29, 0.717) is 11.8 Å². The van der Waals surface area contributed by atoms with E-state index in [4.69, 9.17) is 22.1 Å². The van der Waals surface area contributed by atoms with Gasteiger partial charge in [0.05, 0.1) is 21.8 Å². The second-order valence-electron chi connectivity index (χ2n) is 4.94. The van der Waals surface area contributed by atoms with Crippen molar-refractivity contribution in [2.24, 2.45) is 0 Å². The van der Waals surface area contributed by atoms with Gasteiger partial charge in [0.25, 0.3) is 5.91 Å². The summed E-state index contributed by atoms with van der Waals surface area (Å²) in [5, 5.41) is 2.09. The van der Waals surface area contributed by atoms with Gasteiger partial charge >= 0.3 is 12.1 Å². The summed E-state index contributed by atoms with van der Waals surface area (Å²) in [5.41, 5.74) is 4.92. The molecule has 132 valence electrons. The maximum absolute atomic E-state index is 12.7. The molecule has 0 unspecified atom stereocenters. The Labute approximate surface area is 145 Å². The number of hydrogen-bond donors (Lipinski definition) is 2. The highest BCUT2D eigenvalue weighted by Crippen LogP contribution is 2.33. The van der Waals surface area contributed by atoms with Crippen LogP contribution in [0.25, 0.3) is 0 Å². The summed E-state index contributed by atoms with van der Waals surface area (Å²) in [4.78, 5) is 23.5. The molecule has 0 heterocycles. The monoisotopic (exact) mass is 372 g/mol. The molecule has 2 aromatic rings. The van der Waals surface area contributed by atoms with Crippen LogP contribution in [0.3, 0.4) is 0 Å². The summed E-state index contributed by atoms with van der Waals surface area (Å²) in [6, 6.07) is 8.30. The van der Waals surface area contributed by atoms with Crippen LogP contribution in [0.2, 0.25) is 5.02 Å². The Morgan fingerprint density at radius 2 is 1.76 bits per heavy atom. The summed E-state index contributed by atoms with van der Waals surface area (Å²) in [5.74, 6) is -1.60. The molecule has 0 atom stereocenters. The Bertz CT molecular complexity index is 792. The number of nitrogens with one attached hydrogen (secondary N) is 1. The van der Waals surface area contributed by atoms with Gasteiger partial charge in [-0.2, -0.15) is 13.2 Å². The van der Waals surface area contributed by atoms with Crippen LogP contribution in [-0.2, 0) is 15.7 Å². The number of ether oxygens (including phenoxy) is 1. The average molecular weight is 373 g/mol. The number of alkyl halides is 3. The summed E-state index contributed by atoms with van der Waals surface area (Å²) in [6.07, 6.45) is -4.58. The van der Waals surface area contributed by atoms with E-state index in [1.165, 1.54) is 24.3 Å². The van der Waals surface area contributed by atoms with Crippen LogP contribution in [0.4, 0.5) is 24.5 Å². The van der Waals surface area contributed by atoms with E-state index in [2.05, 4.69) is 5.32 Å². The second kappa shape index (κ2) is 7.43. The first-order chi connectivity index (χ1) is 11.7. The molecular formula is C16H12ClF3N2O3. The lowest BCUT2D eigenvalue weighted by molar-refractivity contribution is -0.137. The molecular weight excluding hydrogens is 361 g/mol. The van der Waals surface area contributed by atoms with Gasteiger partial charge in [-0.1, -0.05) is 11.6 Å². The predicted molar refractivity (Wildman–Crippen MR) is 86.2 cm³/mol. The van der Waals surface area contributed by atoms with Gasteiger partial charge in [-0.25, -0.2) is 4.79 Å². The molecule has 0 aliphatic rings. The van der Waals surface area contributed by atoms with Crippen LogP contribution in [0.1, 0.15) is 15.9 Å². The molecule has 0 fully saturated rings. The lowest BCUT2D eigenvalue weighted by Gasteiger charge is -2.12. The molecule has 0 spiro atoms. The van der Waals surface area contributed by atoms with Gasteiger partial charge in [-0.05, 0) is 42.5 Å². The van der Waals surface area contributed by atoms with E-state index in [-0.39, 0.29) is 16.3 Å². The van der Waals surface area contributed by atoms with Gasteiger partial charge in [-0.15, -0.1) is 0 Å². The van der Waals surface area contributed by atoms with E-state index < -0.39 is 30.2 Å². The van der Waals surface area contributed by atoms with Gasteiger partial charge in [0.15, 0.2) is 6.61 Å². The number of carbonyl (C=O) groups is 2. The SMILES string of the molecule is Nc1ccc(C(=O)OCC(=O)Nc2cc(C(F)(F)F)ccc2Cl)cc1. The van der Waals surface area contributed by atoms with E-state index in [0.717, 1.165) is 12.1 Å². The van der Waals surface area contributed by atoms with Crippen molar-refractivity contribution < 1.29 is 27.5 Å². The quantitative estimate of drug-likeness (QED) is 0.633. The fraction of sp³-hybridized carbons (Fsp3) is 0.125. The van der Waals surface area contributed by atoms with Crippen LogP contribution >= 0.6 is 11.6 Å². The van der Waals surface area contributed by atoms with Gasteiger partial charge in [0.2, 0.25) is 0 Å². The lowest BCUT2D eigenvalue weighted by atomic mass is 10.2. The van der Waals surface area contributed by atoms with E-state index in [9.17, 15) is 22.8 Å². The molecule has 0 radical (unpaired) electrons. The molecule has 25 heavy (non-hydrogen) atoms. The minimum atomic E-state index is -4.58. The second-order valence-corrected chi connectivity index (χ2v) is 5.35. The molecule has 0 saturated heterocycles. The zero-order valence-corrected chi connectivity index (χ0v) is 13.3. The summed E-state index contributed by atoms with van der Waals surface area (Å²) in [7, 11) is 0. The van der Waals surface area contributed by atoms with Crippen LogP contribution in [0, 0.1) is 0 Å². The number of esters is 1. The van der Waals surface area contributed by atoms with Gasteiger partial charge in [0, 0.05) is 5.69 Å². The highest BCUT2D eigenvalue weighted by Gasteiger charge is 2.31. The Balaban J connectivity index is 1.98. The van der Waals surface area contributed by atoms with Crippen LogP contribution < -0.4 is 11.1 Å². The number of carbonyl (C=O) groups excluding carboxylic acids is 2. The molecule has 0 saturated carbocycles. The first kappa shape index (κ1) is 18.6. The van der Waals surface area contributed by atoms with Crippen molar-refractivity contribution in [2.45, 2.75) is 6.18 Å². The average Bonchev–Trinajstić information content (AvgIpc) is 2.54. The first-order valence-electron chi connectivity index (χ1n) is 6.86. The number of anilines is 2. The number of halogens is 4. The van der Waals surface area contributed by atoms with Crippen molar-refractivity contribution in [2.75, 3.05) is 17.7 Å². The predicted octanol–water partition coefficient (Wildman–Crippen LogP) is 3.74. The number of hydrogen-bond acceptors (Lipinski definition) is 4. The fourth-order valence-corrected chi connectivity index (χ4v) is 1.98. The molecule has 5 nitrogen and oxygen atoms in total. The standard InChI is InChI=1S/C16H12ClF3N2O3/c17-12-6-3-10(16(18,19)20)7-13(12)22-14(23)8-25-15(24)9-1-4-11(21)5-2-9/h1-7H,8,21H2,(H,22,23). The molecule has 2 rings (SSSR count). The van der Waals surface area contributed by atoms with Gasteiger partial charge in [-0.3, -0.25) is 4.79 Å². The summed E-state index contributed by atoms with van der Waals surface area (Å²) in [6.45, 7) is -0.685. The van der Waals surface area contributed by atoms with E-state index >= 15 is 0 Å². The fourth-order valence-electron chi connectivity index (χ4n) is 1.82. The minimum absolute atomic E-state index is 0.0776. The third-order valence-electron chi connectivity index (χ3n) is 3.05. The molecule has 1 amide bonds. The third-order valence-corrected chi connectivity index (χ3v) is 3.38. The largest absolute Gasteiger partial charge is 0.452 e.